The fourth-order valence-corrected chi connectivity index (χ4v) is 4.77. The van der Waals surface area contributed by atoms with Gasteiger partial charge in [-0.1, -0.05) is 48.5 Å². The highest BCUT2D eigenvalue weighted by Crippen LogP contribution is 2.44. The van der Waals surface area contributed by atoms with E-state index >= 15 is 0 Å². The Morgan fingerprint density at radius 2 is 1.71 bits per heavy atom. The van der Waals surface area contributed by atoms with Crippen LogP contribution >= 0.6 is 0 Å². The van der Waals surface area contributed by atoms with Crippen molar-refractivity contribution in [1.29, 1.82) is 0 Å². The molecule has 180 valence electrons. The summed E-state index contributed by atoms with van der Waals surface area (Å²) in [7, 11) is 1.66. The molecule has 0 bridgehead atoms. The fourth-order valence-electron chi connectivity index (χ4n) is 4.77. The van der Waals surface area contributed by atoms with Crippen LogP contribution in [0.2, 0.25) is 0 Å². The number of hydrogen-bond acceptors (Lipinski definition) is 5. The summed E-state index contributed by atoms with van der Waals surface area (Å²) in [5.41, 5.74) is 4.85. The Morgan fingerprint density at radius 3 is 2.26 bits per heavy atom. The number of carboxylic acid groups (broad SMARTS) is 1. The van der Waals surface area contributed by atoms with Crippen molar-refractivity contribution in [3.63, 3.8) is 0 Å². The molecule has 1 atom stereocenters. The number of nitrogens with zero attached hydrogens (tertiary/aromatic N) is 3. The fraction of sp³-hybridized carbons (Fsp3) is 0.308. The largest absolute Gasteiger partial charge is 0.480 e. The molecule has 0 aliphatic heterocycles. The minimum absolute atomic E-state index is 0.105. The molecular weight excluding hydrogens is 448 g/mol. The van der Waals surface area contributed by atoms with Crippen molar-refractivity contribution in [3.8, 4) is 11.1 Å². The van der Waals surface area contributed by atoms with Gasteiger partial charge in [0.05, 0.1) is 5.69 Å². The molecule has 9 nitrogen and oxygen atoms in total. The number of alkyl carbamates (subject to hydrolysis) is 1. The monoisotopic (exact) mass is 474 g/mol. The average molecular weight is 475 g/mol. The number of hydrogen-bond donors (Lipinski definition) is 2. The van der Waals surface area contributed by atoms with E-state index in [4.69, 9.17) is 4.74 Å². The molecule has 9 heteroatoms. The van der Waals surface area contributed by atoms with Crippen molar-refractivity contribution >= 4 is 18.0 Å². The minimum atomic E-state index is -1.11. The van der Waals surface area contributed by atoms with Gasteiger partial charge in [0.25, 0.3) is 5.91 Å². The first kappa shape index (κ1) is 22.6. The van der Waals surface area contributed by atoms with Crippen molar-refractivity contribution < 1.29 is 24.2 Å². The molecule has 1 fully saturated rings. The zero-order valence-electron chi connectivity index (χ0n) is 19.3. The molecule has 1 heterocycles. The summed E-state index contributed by atoms with van der Waals surface area (Å²) in [5.74, 6) is -1.71. The first-order valence-corrected chi connectivity index (χ1v) is 11.6. The normalized spacial score (nSPS) is 15.1. The Bertz CT molecular complexity index is 1240. The number of aliphatic carboxylic acids is 1. The number of carboxylic acids is 1. The molecule has 2 aromatic carbocycles. The molecule has 35 heavy (non-hydrogen) atoms. The first-order chi connectivity index (χ1) is 16.9. The van der Waals surface area contributed by atoms with Crippen molar-refractivity contribution in [2.75, 3.05) is 13.2 Å². The van der Waals surface area contributed by atoms with Crippen LogP contribution in [0.25, 0.3) is 11.1 Å². The lowest BCUT2D eigenvalue weighted by molar-refractivity contribution is -0.145. The topological polar surface area (TPSA) is 114 Å². The third-order valence-corrected chi connectivity index (χ3v) is 6.58. The van der Waals surface area contributed by atoms with Gasteiger partial charge in [-0.05, 0) is 41.2 Å². The second-order valence-electron chi connectivity index (χ2n) is 8.87. The Hall–Kier alpha value is -4.14. The van der Waals surface area contributed by atoms with Gasteiger partial charge in [0.15, 0.2) is 6.04 Å². The molecule has 2 aliphatic rings. The molecular formula is C26H26N4O5. The number of nitrogens with one attached hydrogen (secondary N) is 1. The highest BCUT2D eigenvalue weighted by atomic mass is 16.5. The van der Waals surface area contributed by atoms with Crippen LogP contribution in [0.15, 0.2) is 60.8 Å². The van der Waals surface area contributed by atoms with Crippen LogP contribution in [0.3, 0.4) is 0 Å². The van der Waals surface area contributed by atoms with E-state index in [2.05, 4.69) is 22.5 Å². The van der Waals surface area contributed by atoms with Gasteiger partial charge in [-0.3, -0.25) is 14.3 Å². The van der Waals surface area contributed by atoms with Crippen molar-refractivity contribution in [2.45, 2.75) is 30.8 Å². The van der Waals surface area contributed by atoms with E-state index in [1.54, 1.807) is 13.1 Å². The smallest absolute Gasteiger partial charge is 0.408 e. The van der Waals surface area contributed by atoms with Gasteiger partial charge in [0.1, 0.15) is 13.2 Å². The van der Waals surface area contributed by atoms with E-state index < -0.39 is 30.6 Å². The molecule has 1 unspecified atom stereocenters. The average Bonchev–Trinajstić information content (AvgIpc) is 3.53. The van der Waals surface area contributed by atoms with E-state index in [1.165, 1.54) is 15.8 Å². The van der Waals surface area contributed by atoms with Gasteiger partial charge in [-0.25, -0.2) is 4.79 Å². The number of carbonyl (C=O) groups excluding carboxylic acids is 2. The standard InChI is InChI=1S/C26H26N4O5/c1-29-22(12-13-27-29)24(25(33)30(14-23(31)32)16-10-11-16)28-26(34)35-15-21-19-8-4-2-6-17(19)18-7-3-5-9-20(18)21/h2-9,12-13,16,21,24H,10-11,14-15H2,1H3,(H,28,34)(H,31,32). The lowest BCUT2D eigenvalue weighted by Crippen LogP contribution is -2.46. The quantitative estimate of drug-likeness (QED) is 0.519. The Morgan fingerprint density at radius 1 is 1.09 bits per heavy atom. The highest BCUT2D eigenvalue weighted by molar-refractivity contribution is 5.89. The molecule has 5 rings (SSSR count). The zero-order valence-corrected chi connectivity index (χ0v) is 19.3. The van der Waals surface area contributed by atoms with Crippen LogP contribution in [0, 0.1) is 0 Å². The molecule has 2 aliphatic carbocycles. The number of aromatic nitrogens is 2. The number of benzene rings is 2. The van der Waals surface area contributed by atoms with E-state index in [9.17, 15) is 19.5 Å². The summed E-state index contributed by atoms with van der Waals surface area (Å²) in [4.78, 5) is 39.0. The predicted octanol–water partition coefficient (Wildman–Crippen LogP) is 3.08. The molecule has 2 N–H and O–H groups in total. The summed E-state index contributed by atoms with van der Waals surface area (Å²) < 4.78 is 7.11. The van der Waals surface area contributed by atoms with Crippen LogP contribution in [0.1, 0.15) is 41.6 Å². The van der Waals surface area contributed by atoms with Gasteiger partial charge < -0.3 is 20.1 Å². The molecule has 0 spiro atoms. The number of fused-ring (bicyclic) bond motifs is 3. The predicted molar refractivity (Wildman–Crippen MR) is 127 cm³/mol. The third kappa shape index (κ3) is 4.49. The molecule has 3 aromatic rings. The number of carbonyl (C=O) groups is 3. The molecule has 1 saturated carbocycles. The van der Waals surface area contributed by atoms with Crippen LogP contribution < -0.4 is 5.32 Å². The van der Waals surface area contributed by atoms with Crippen LogP contribution in [0.5, 0.6) is 0 Å². The van der Waals surface area contributed by atoms with Crippen LogP contribution in [0.4, 0.5) is 4.79 Å². The first-order valence-electron chi connectivity index (χ1n) is 11.6. The maximum atomic E-state index is 13.4. The maximum absolute atomic E-state index is 13.4. The van der Waals surface area contributed by atoms with Crippen molar-refractivity contribution in [1.82, 2.24) is 20.0 Å². The number of amides is 2. The second kappa shape index (κ2) is 9.25. The van der Waals surface area contributed by atoms with Gasteiger partial charge in [-0.2, -0.15) is 5.10 Å². The van der Waals surface area contributed by atoms with E-state index in [1.807, 2.05) is 36.4 Å². The third-order valence-electron chi connectivity index (χ3n) is 6.58. The van der Waals surface area contributed by atoms with Gasteiger partial charge in [0, 0.05) is 25.2 Å². The Balaban J connectivity index is 1.33. The maximum Gasteiger partial charge on any atom is 0.408 e. The van der Waals surface area contributed by atoms with Crippen LogP contribution in [-0.4, -0.2) is 57.0 Å². The number of aryl methyl sites for hydroxylation is 1. The molecule has 2 amide bonds. The Kier molecular flexibility index (Phi) is 5.98. The van der Waals surface area contributed by atoms with Gasteiger partial charge in [-0.15, -0.1) is 0 Å². The summed E-state index contributed by atoms with van der Waals surface area (Å²) in [6.45, 7) is -0.322. The zero-order chi connectivity index (χ0) is 24.5. The summed E-state index contributed by atoms with van der Waals surface area (Å²) in [6.07, 6.45) is 2.25. The lowest BCUT2D eigenvalue weighted by Gasteiger charge is -2.26. The highest BCUT2D eigenvalue weighted by Gasteiger charge is 2.39. The van der Waals surface area contributed by atoms with Gasteiger partial charge in [0.2, 0.25) is 0 Å². The van der Waals surface area contributed by atoms with Gasteiger partial charge >= 0.3 is 12.1 Å². The SMILES string of the molecule is Cn1nccc1C(NC(=O)OCC1c2ccccc2-c2ccccc21)C(=O)N(CC(=O)O)C1CC1. The number of rotatable bonds is 8. The molecule has 0 saturated heterocycles. The Labute approximate surface area is 202 Å². The van der Waals surface area contributed by atoms with E-state index in [-0.39, 0.29) is 18.6 Å². The minimum Gasteiger partial charge on any atom is -0.480 e. The van der Waals surface area contributed by atoms with E-state index in [0.717, 1.165) is 35.1 Å². The molecule has 0 radical (unpaired) electrons. The van der Waals surface area contributed by atoms with E-state index in [0.29, 0.717) is 5.69 Å². The molecule has 1 aromatic heterocycles. The van der Waals surface area contributed by atoms with Crippen molar-refractivity contribution in [3.05, 3.63) is 77.6 Å². The van der Waals surface area contributed by atoms with Crippen molar-refractivity contribution in [2.24, 2.45) is 7.05 Å². The lowest BCUT2D eigenvalue weighted by atomic mass is 9.98. The summed E-state index contributed by atoms with van der Waals surface area (Å²) >= 11 is 0. The summed E-state index contributed by atoms with van der Waals surface area (Å²) in [6, 6.07) is 16.4. The number of ether oxygens (including phenoxy) is 1. The van der Waals surface area contributed by atoms with Crippen LogP contribution in [-0.2, 0) is 21.4 Å². The summed E-state index contributed by atoms with van der Waals surface area (Å²) in [5, 5.41) is 16.1. The second-order valence-corrected chi connectivity index (χ2v) is 8.87.